The van der Waals surface area contributed by atoms with Crippen molar-refractivity contribution >= 4 is 5.91 Å². The van der Waals surface area contributed by atoms with E-state index in [9.17, 15) is 4.79 Å². The van der Waals surface area contributed by atoms with Crippen LogP contribution in [0, 0.1) is 0 Å². The molecule has 1 amide bonds. The molecule has 1 aromatic heterocycles. The number of hydrogen-bond donors (Lipinski definition) is 1. The van der Waals surface area contributed by atoms with Gasteiger partial charge in [-0.05, 0) is 11.6 Å². The molecule has 0 aliphatic heterocycles. The highest BCUT2D eigenvalue weighted by atomic mass is 16.2. The van der Waals surface area contributed by atoms with Gasteiger partial charge in [0.2, 0.25) is 5.82 Å². The molecule has 0 aliphatic rings. The van der Waals surface area contributed by atoms with Crippen LogP contribution in [0.15, 0.2) is 97.1 Å². The highest BCUT2D eigenvalue weighted by molar-refractivity contribution is 5.91. The van der Waals surface area contributed by atoms with Crippen LogP contribution in [0.3, 0.4) is 0 Å². The standard InChI is InChI=1S/C24H19N3O/c28-24(25-17-18-10-4-1-5-11-18)23-26-21(19-12-6-2-7-13-19)16-22(27-23)20-14-8-3-9-15-20/h1-16H,17H2,(H,25,28). The maximum Gasteiger partial charge on any atom is 0.289 e. The van der Waals surface area contributed by atoms with E-state index >= 15 is 0 Å². The molecule has 0 saturated carbocycles. The van der Waals surface area contributed by atoms with Crippen molar-refractivity contribution in [2.45, 2.75) is 6.54 Å². The van der Waals surface area contributed by atoms with Gasteiger partial charge in [-0.1, -0.05) is 91.0 Å². The van der Waals surface area contributed by atoms with Crippen molar-refractivity contribution < 1.29 is 4.79 Å². The van der Waals surface area contributed by atoms with Gasteiger partial charge < -0.3 is 5.32 Å². The van der Waals surface area contributed by atoms with Crippen molar-refractivity contribution in [3.8, 4) is 22.5 Å². The number of rotatable bonds is 5. The molecule has 0 aliphatic carbocycles. The summed E-state index contributed by atoms with van der Waals surface area (Å²) in [5.74, 6) is -0.130. The monoisotopic (exact) mass is 365 g/mol. The van der Waals surface area contributed by atoms with Crippen molar-refractivity contribution in [2.75, 3.05) is 0 Å². The summed E-state index contributed by atoms with van der Waals surface area (Å²) in [6.07, 6.45) is 0. The number of aromatic nitrogens is 2. The van der Waals surface area contributed by atoms with Crippen molar-refractivity contribution in [1.29, 1.82) is 0 Å². The molecule has 136 valence electrons. The van der Waals surface area contributed by atoms with E-state index in [1.54, 1.807) is 0 Å². The molecule has 0 bridgehead atoms. The SMILES string of the molecule is O=C(NCc1ccccc1)c1nc(-c2ccccc2)cc(-c2ccccc2)n1. The number of hydrogen-bond acceptors (Lipinski definition) is 3. The van der Waals surface area contributed by atoms with Crippen LogP contribution >= 0.6 is 0 Å². The summed E-state index contributed by atoms with van der Waals surface area (Å²) < 4.78 is 0. The molecular formula is C24H19N3O. The van der Waals surface area contributed by atoms with Gasteiger partial charge >= 0.3 is 0 Å². The van der Waals surface area contributed by atoms with Gasteiger partial charge in [-0.15, -0.1) is 0 Å². The molecule has 28 heavy (non-hydrogen) atoms. The lowest BCUT2D eigenvalue weighted by Crippen LogP contribution is -2.25. The van der Waals surface area contributed by atoms with E-state index in [-0.39, 0.29) is 11.7 Å². The molecule has 0 spiro atoms. The highest BCUT2D eigenvalue weighted by Crippen LogP contribution is 2.23. The number of carbonyl (C=O) groups is 1. The molecule has 0 saturated heterocycles. The summed E-state index contributed by atoms with van der Waals surface area (Å²) in [6, 6.07) is 31.3. The first kappa shape index (κ1) is 17.6. The van der Waals surface area contributed by atoms with Crippen molar-refractivity contribution in [3.05, 3.63) is 108 Å². The lowest BCUT2D eigenvalue weighted by atomic mass is 10.1. The van der Waals surface area contributed by atoms with Crippen LogP contribution < -0.4 is 5.32 Å². The van der Waals surface area contributed by atoms with Gasteiger partial charge in [-0.3, -0.25) is 4.79 Å². The van der Waals surface area contributed by atoms with Crippen molar-refractivity contribution in [2.24, 2.45) is 0 Å². The van der Waals surface area contributed by atoms with Gasteiger partial charge in [0, 0.05) is 17.7 Å². The van der Waals surface area contributed by atoms with Crippen LogP contribution in [0.4, 0.5) is 0 Å². The number of benzene rings is 3. The molecule has 1 heterocycles. The van der Waals surface area contributed by atoms with Gasteiger partial charge in [0.05, 0.1) is 11.4 Å². The second-order valence-electron chi connectivity index (χ2n) is 6.36. The Balaban J connectivity index is 1.68. The zero-order valence-corrected chi connectivity index (χ0v) is 15.2. The van der Waals surface area contributed by atoms with Crippen LogP contribution in [0.25, 0.3) is 22.5 Å². The number of amides is 1. The van der Waals surface area contributed by atoms with Crippen LogP contribution in [0.1, 0.15) is 16.2 Å². The Labute approximate surface area is 163 Å². The topological polar surface area (TPSA) is 54.9 Å². The van der Waals surface area contributed by atoms with E-state index in [1.807, 2.05) is 97.1 Å². The Kier molecular flexibility index (Phi) is 5.20. The first-order valence-corrected chi connectivity index (χ1v) is 9.12. The number of carbonyl (C=O) groups excluding carboxylic acids is 1. The summed E-state index contributed by atoms with van der Waals surface area (Å²) in [6.45, 7) is 0.430. The van der Waals surface area contributed by atoms with Gasteiger partial charge in [-0.2, -0.15) is 0 Å². The molecule has 1 N–H and O–H groups in total. The number of nitrogens with one attached hydrogen (secondary N) is 1. The third-order valence-electron chi connectivity index (χ3n) is 4.36. The normalized spacial score (nSPS) is 10.4. The Morgan fingerprint density at radius 3 is 1.64 bits per heavy atom. The second-order valence-corrected chi connectivity index (χ2v) is 6.36. The summed E-state index contributed by atoms with van der Waals surface area (Å²) in [5, 5.41) is 2.91. The van der Waals surface area contributed by atoms with Crippen molar-refractivity contribution in [1.82, 2.24) is 15.3 Å². The van der Waals surface area contributed by atoms with Crippen molar-refractivity contribution in [3.63, 3.8) is 0 Å². The third-order valence-corrected chi connectivity index (χ3v) is 4.36. The van der Waals surface area contributed by atoms with E-state index in [0.717, 1.165) is 28.1 Å². The molecule has 4 aromatic rings. The fourth-order valence-corrected chi connectivity index (χ4v) is 2.92. The fourth-order valence-electron chi connectivity index (χ4n) is 2.92. The first-order chi connectivity index (χ1) is 13.8. The minimum absolute atomic E-state index is 0.163. The average Bonchev–Trinajstić information content (AvgIpc) is 2.79. The predicted molar refractivity (Wildman–Crippen MR) is 111 cm³/mol. The first-order valence-electron chi connectivity index (χ1n) is 9.12. The van der Waals surface area contributed by atoms with Crippen LogP contribution in [0.2, 0.25) is 0 Å². The average molecular weight is 365 g/mol. The lowest BCUT2D eigenvalue weighted by Gasteiger charge is -2.09. The van der Waals surface area contributed by atoms with Gasteiger partial charge in [-0.25, -0.2) is 9.97 Å². The molecule has 0 fully saturated rings. The van der Waals surface area contributed by atoms with E-state index in [2.05, 4.69) is 15.3 Å². The summed E-state index contributed by atoms with van der Waals surface area (Å²) in [4.78, 5) is 21.8. The Hall–Kier alpha value is -3.79. The number of nitrogens with zero attached hydrogens (tertiary/aromatic N) is 2. The van der Waals surface area contributed by atoms with E-state index in [1.165, 1.54) is 0 Å². The molecule has 4 rings (SSSR count). The maximum absolute atomic E-state index is 12.7. The quantitative estimate of drug-likeness (QED) is 0.556. The largest absolute Gasteiger partial charge is 0.345 e. The smallest absolute Gasteiger partial charge is 0.289 e. The minimum atomic E-state index is -0.293. The molecular weight excluding hydrogens is 346 g/mol. The summed E-state index contributed by atoms with van der Waals surface area (Å²) in [5.41, 5.74) is 4.36. The summed E-state index contributed by atoms with van der Waals surface area (Å²) >= 11 is 0. The zero-order valence-electron chi connectivity index (χ0n) is 15.2. The van der Waals surface area contributed by atoms with Crippen LogP contribution in [0.5, 0.6) is 0 Å². The minimum Gasteiger partial charge on any atom is -0.345 e. The summed E-state index contributed by atoms with van der Waals surface area (Å²) in [7, 11) is 0. The van der Waals surface area contributed by atoms with Gasteiger partial charge in [0.1, 0.15) is 0 Å². The predicted octanol–water partition coefficient (Wildman–Crippen LogP) is 4.74. The second kappa shape index (κ2) is 8.27. The molecule has 4 nitrogen and oxygen atoms in total. The van der Waals surface area contributed by atoms with E-state index < -0.39 is 0 Å². The lowest BCUT2D eigenvalue weighted by molar-refractivity contribution is 0.0940. The molecule has 0 atom stereocenters. The fraction of sp³-hybridized carbons (Fsp3) is 0.0417. The van der Waals surface area contributed by atoms with E-state index in [0.29, 0.717) is 6.54 Å². The Morgan fingerprint density at radius 1 is 0.679 bits per heavy atom. The van der Waals surface area contributed by atoms with E-state index in [4.69, 9.17) is 0 Å². The molecule has 4 heteroatoms. The van der Waals surface area contributed by atoms with Gasteiger partial charge in [0.15, 0.2) is 0 Å². The Morgan fingerprint density at radius 2 is 1.14 bits per heavy atom. The maximum atomic E-state index is 12.7. The molecule has 3 aromatic carbocycles. The molecule has 0 radical (unpaired) electrons. The van der Waals surface area contributed by atoms with Crippen LogP contribution in [-0.4, -0.2) is 15.9 Å². The van der Waals surface area contributed by atoms with Gasteiger partial charge in [0.25, 0.3) is 5.91 Å². The van der Waals surface area contributed by atoms with Crippen LogP contribution in [-0.2, 0) is 6.54 Å². The molecule has 0 unspecified atom stereocenters. The zero-order chi connectivity index (χ0) is 19.2. The highest BCUT2D eigenvalue weighted by Gasteiger charge is 2.14. The third kappa shape index (κ3) is 4.13. The Bertz CT molecular complexity index is 1010.